The van der Waals surface area contributed by atoms with Gasteiger partial charge >= 0.3 is 0 Å². The molecule has 1 aromatic heterocycles. The van der Waals surface area contributed by atoms with Crippen LogP contribution in [0.4, 0.5) is 0 Å². The van der Waals surface area contributed by atoms with Crippen LogP contribution in [0, 0.1) is 0 Å². The first-order valence-corrected chi connectivity index (χ1v) is 4.07. The molecule has 0 saturated carbocycles. The fraction of sp³-hybridized carbons (Fsp3) is 0.571. The van der Waals surface area contributed by atoms with E-state index in [0.717, 1.165) is 12.2 Å². The maximum Gasteiger partial charge on any atom is 0.151 e. The highest BCUT2D eigenvalue weighted by molar-refractivity contribution is 6.30. The van der Waals surface area contributed by atoms with Gasteiger partial charge in [-0.3, -0.25) is 0 Å². The molecule has 0 aliphatic carbocycles. The highest BCUT2D eigenvalue weighted by atomic mass is 35.5. The Morgan fingerprint density at radius 1 is 1.82 bits per heavy atom. The average Bonchev–Trinajstić information content (AvgIpc) is 2.15. The molecular weight excluding hydrogens is 162 g/mol. The summed E-state index contributed by atoms with van der Waals surface area (Å²) in [6, 6.07) is 0.426. The third kappa shape index (κ3) is 1.04. The van der Waals surface area contributed by atoms with Crippen LogP contribution in [0.25, 0.3) is 0 Å². The number of halogens is 1. The van der Waals surface area contributed by atoms with Crippen molar-refractivity contribution in [3.63, 3.8) is 0 Å². The van der Waals surface area contributed by atoms with Gasteiger partial charge in [0, 0.05) is 7.05 Å². The Hall–Kier alpha value is -0.540. The Kier molecular flexibility index (Phi) is 1.62. The molecule has 1 fully saturated rings. The third-order valence-electron chi connectivity index (χ3n) is 2.09. The summed E-state index contributed by atoms with van der Waals surface area (Å²) >= 11 is 5.88. The van der Waals surface area contributed by atoms with Crippen LogP contribution in [-0.4, -0.2) is 16.1 Å². The molecule has 60 valence electrons. The van der Waals surface area contributed by atoms with E-state index in [1.807, 2.05) is 11.6 Å². The number of imidazole rings is 1. The standard InChI is InChI=1S/C7H10ClN3/c1-11-4-10-7(8)6(11)5-2-3-9-5/h4-5,9H,2-3H2,1H3. The SMILES string of the molecule is Cn1cnc(Cl)c1C1CCN1. The zero-order valence-corrected chi connectivity index (χ0v) is 7.10. The lowest BCUT2D eigenvalue weighted by Crippen LogP contribution is -2.36. The van der Waals surface area contributed by atoms with Crippen LogP contribution in [-0.2, 0) is 7.05 Å². The van der Waals surface area contributed by atoms with Gasteiger partial charge in [0.05, 0.1) is 18.1 Å². The summed E-state index contributed by atoms with van der Waals surface area (Å²) in [6.45, 7) is 1.09. The van der Waals surface area contributed by atoms with Crippen LogP contribution < -0.4 is 5.32 Å². The van der Waals surface area contributed by atoms with Gasteiger partial charge in [0.15, 0.2) is 5.15 Å². The minimum Gasteiger partial charge on any atom is -0.335 e. The lowest BCUT2D eigenvalue weighted by molar-refractivity contribution is 0.367. The van der Waals surface area contributed by atoms with Gasteiger partial charge in [-0.25, -0.2) is 4.98 Å². The fourth-order valence-electron chi connectivity index (χ4n) is 1.32. The normalized spacial score (nSPS) is 23.3. The second-order valence-electron chi connectivity index (χ2n) is 2.83. The van der Waals surface area contributed by atoms with E-state index in [4.69, 9.17) is 11.6 Å². The molecule has 3 nitrogen and oxygen atoms in total. The molecule has 1 atom stereocenters. The largest absolute Gasteiger partial charge is 0.335 e. The van der Waals surface area contributed by atoms with Crippen molar-refractivity contribution in [2.75, 3.05) is 6.54 Å². The van der Waals surface area contributed by atoms with E-state index in [0.29, 0.717) is 11.2 Å². The minimum absolute atomic E-state index is 0.426. The van der Waals surface area contributed by atoms with Crippen molar-refractivity contribution in [2.45, 2.75) is 12.5 Å². The van der Waals surface area contributed by atoms with Gasteiger partial charge in [-0.15, -0.1) is 0 Å². The van der Waals surface area contributed by atoms with Crippen LogP contribution in [0.15, 0.2) is 6.33 Å². The number of rotatable bonds is 1. The second-order valence-corrected chi connectivity index (χ2v) is 3.18. The molecule has 1 aromatic rings. The highest BCUT2D eigenvalue weighted by Crippen LogP contribution is 2.27. The molecule has 0 bridgehead atoms. The Bertz CT molecular complexity index is 245. The molecule has 0 spiro atoms. The molecule has 0 aromatic carbocycles. The van der Waals surface area contributed by atoms with Crippen molar-refractivity contribution in [1.29, 1.82) is 0 Å². The molecule has 4 heteroatoms. The maximum absolute atomic E-state index is 5.88. The monoisotopic (exact) mass is 171 g/mol. The molecule has 1 N–H and O–H groups in total. The van der Waals surface area contributed by atoms with Gasteiger partial charge in [0.2, 0.25) is 0 Å². The van der Waals surface area contributed by atoms with Gasteiger partial charge in [-0.2, -0.15) is 0 Å². The van der Waals surface area contributed by atoms with Crippen molar-refractivity contribution in [3.05, 3.63) is 17.2 Å². The maximum atomic E-state index is 5.88. The molecule has 2 heterocycles. The predicted octanol–water partition coefficient (Wildman–Crippen LogP) is 1.11. The van der Waals surface area contributed by atoms with Crippen LogP contribution in [0.1, 0.15) is 18.2 Å². The second kappa shape index (κ2) is 2.50. The number of nitrogens with one attached hydrogen (secondary N) is 1. The number of aryl methyl sites for hydroxylation is 1. The van der Waals surface area contributed by atoms with Crippen molar-refractivity contribution in [2.24, 2.45) is 7.05 Å². The molecule has 1 aliphatic rings. The zero-order chi connectivity index (χ0) is 7.84. The molecule has 2 rings (SSSR count). The van der Waals surface area contributed by atoms with Crippen molar-refractivity contribution in [3.8, 4) is 0 Å². The molecule has 1 unspecified atom stereocenters. The van der Waals surface area contributed by atoms with Crippen LogP contribution >= 0.6 is 11.6 Å². The summed E-state index contributed by atoms with van der Waals surface area (Å²) in [7, 11) is 1.97. The summed E-state index contributed by atoms with van der Waals surface area (Å²) in [6.07, 6.45) is 2.91. The number of aromatic nitrogens is 2. The van der Waals surface area contributed by atoms with E-state index in [1.165, 1.54) is 6.42 Å². The Balaban J connectivity index is 2.33. The average molecular weight is 172 g/mol. The summed E-state index contributed by atoms with van der Waals surface area (Å²) in [5, 5.41) is 3.91. The van der Waals surface area contributed by atoms with E-state index in [9.17, 15) is 0 Å². The van der Waals surface area contributed by atoms with Crippen molar-refractivity contribution in [1.82, 2.24) is 14.9 Å². The first-order chi connectivity index (χ1) is 5.29. The summed E-state index contributed by atoms with van der Waals surface area (Å²) in [4.78, 5) is 4.01. The van der Waals surface area contributed by atoms with E-state index in [2.05, 4.69) is 10.3 Å². The summed E-state index contributed by atoms with van der Waals surface area (Å²) in [5.74, 6) is 0. The van der Waals surface area contributed by atoms with Crippen molar-refractivity contribution >= 4 is 11.6 Å². The molecule has 1 aliphatic heterocycles. The van der Waals surface area contributed by atoms with Gasteiger partial charge in [0.25, 0.3) is 0 Å². The third-order valence-corrected chi connectivity index (χ3v) is 2.38. The molecule has 0 amide bonds. The Morgan fingerprint density at radius 2 is 2.55 bits per heavy atom. The van der Waals surface area contributed by atoms with Gasteiger partial charge in [0.1, 0.15) is 0 Å². The number of hydrogen-bond donors (Lipinski definition) is 1. The van der Waals surface area contributed by atoms with Crippen molar-refractivity contribution < 1.29 is 0 Å². The summed E-state index contributed by atoms with van der Waals surface area (Å²) < 4.78 is 1.97. The number of hydrogen-bond acceptors (Lipinski definition) is 2. The highest BCUT2D eigenvalue weighted by Gasteiger charge is 2.23. The van der Waals surface area contributed by atoms with E-state index < -0.39 is 0 Å². The van der Waals surface area contributed by atoms with E-state index in [-0.39, 0.29) is 0 Å². The molecule has 11 heavy (non-hydrogen) atoms. The minimum atomic E-state index is 0.426. The molecule has 1 saturated heterocycles. The predicted molar refractivity (Wildman–Crippen MR) is 43.6 cm³/mol. The smallest absolute Gasteiger partial charge is 0.151 e. The summed E-state index contributed by atoms with van der Waals surface area (Å²) in [5.41, 5.74) is 1.11. The Labute approximate surface area is 70.4 Å². The first-order valence-electron chi connectivity index (χ1n) is 3.69. The fourth-order valence-corrected chi connectivity index (χ4v) is 1.63. The van der Waals surface area contributed by atoms with E-state index in [1.54, 1.807) is 6.33 Å². The quantitative estimate of drug-likeness (QED) is 0.686. The van der Waals surface area contributed by atoms with Crippen LogP contribution in [0.2, 0.25) is 5.15 Å². The van der Waals surface area contributed by atoms with Crippen LogP contribution in [0.5, 0.6) is 0 Å². The van der Waals surface area contributed by atoms with Crippen LogP contribution in [0.3, 0.4) is 0 Å². The molecule has 0 radical (unpaired) electrons. The lowest BCUT2D eigenvalue weighted by Gasteiger charge is -2.27. The van der Waals surface area contributed by atoms with E-state index >= 15 is 0 Å². The zero-order valence-electron chi connectivity index (χ0n) is 6.34. The van der Waals surface area contributed by atoms with Gasteiger partial charge in [-0.05, 0) is 13.0 Å². The Morgan fingerprint density at radius 3 is 2.91 bits per heavy atom. The lowest BCUT2D eigenvalue weighted by atomic mass is 10.0. The topological polar surface area (TPSA) is 29.9 Å². The number of nitrogens with zero attached hydrogens (tertiary/aromatic N) is 2. The molecular formula is C7H10ClN3. The first kappa shape index (κ1) is 7.13. The van der Waals surface area contributed by atoms with Gasteiger partial charge in [-0.1, -0.05) is 11.6 Å². The van der Waals surface area contributed by atoms with Gasteiger partial charge < -0.3 is 9.88 Å².